The molecule has 1 saturated heterocycles. The Kier molecular flexibility index (Phi) is 6.86. The smallest absolute Gasteiger partial charge is 0.234 e. The van der Waals surface area contributed by atoms with E-state index in [9.17, 15) is 4.79 Å². The van der Waals surface area contributed by atoms with Crippen molar-refractivity contribution in [2.45, 2.75) is 57.0 Å². The van der Waals surface area contributed by atoms with E-state index < -0.39 is 0 Å². The van der Waals surface area contributed by atoms with Gasteiger partial charge >= 0.3 is 0 Å². The summed E-state index contributed by atoms with van der Waals surface area (Å²) < 4.78 is 5.62. The van der Waals surface area contributed by atoms with E-state index in [4.69, 9.17) is 4.74 Å². The number of ether oxygens (including phenoxy) is 1. The van der Waals surface area contributed by atoms with E-state index in [1.807, 2.05) is 0 Å². The number of nitrogens with zero attached hydrogens (tertiary/aromatic N) is 1. The monoisotopic (exact) mass is 406 g/mol. The summed E-state index contributed by atoms with van der Waals surface area (Å²) in [4.78, 5) is 15.3. The lowest BCUT2D eigenvalue weighted by Crippen LogP contribution is -2.47. The summed E-state index contributed by atoms with van der Waals surface area (Å²) in [7, 11) is 0. The maximum atomic E-state index is 12.9. The Hall–Kier alpha value is -2.17. The van der Waals surface area contributed by atoms with E-state index >= 15 is 0 Å². The van der Waals surface area contributed by atoms with E-state index in [0.717, 1.165) is 39.0 Å². The SMILES string of the molecule is CCc1ccc(CN(CC(=O)NCC2(c3ccccc3)CCOCC2)C2CC2)cc1. The number of carbonyl (C=O) groups excluding carboxylic acids is 1. The Morgan fingerprint density at radius 2 is 1.70 bits per heavy atom. The van der Waals surface area contributed by atoms with Gasteiger partial charge in [0.25, 0.3) is 0 Å². The maximum Gasteiger partial charge on any atom is 0.234 e. The van der Waals surface area contributed by atoms with Gasteiger partial charge in [0.15, 0.2) is 0 Å². The molecular formula is C26H34N2O2. The molecule has 0 atom stereocenters. The second kappa shape index (κ2) is 9.76. The second-order valence-corrected chi connectivity index (χ2v) is 8.84. The number of hydrogen-bond donors (Lipinski definition) is 1. The van der Waals surface area contributed by atoms with Crippen molar-refractivity contribution < 1.29 is 9.53 Å². The molecule has 2 aromatic rings. The number of aryl methyl sites for hydroxylation is 1. The molecule has 4 rings (SSSR count). The van der Waals surface area contributed by atoms with Crippen LogP contribution in [0.15, 0.2) is 54.6 Å². The Labute approximate surface area is 180 Å². The average Bonchev–Trinajstić information content (AvgIpc) is 3.65. The van der Waals surface area contributed by atoms with Crippen LogP contribution in [-0.4, -0.2) is 43.2 Å². The van der Waals surface area contributed by atoms with Gasteiger partial charge in [-0.3, -0.25) is 9.69 Å². The van der Waals surface area contributed by atoms with Crippen LogP contribution < -0.4 is 5.32 Å². The van der Waals surface area contributed by atoms with Crippen molar-refractivity contribution in [3.05, 3.63) is 71.3 Å². The molecule has 1 saturated carbocycles. The highest BCUT2D eigenvalue weighted by Gasteiger charge is 2.35. The summed E-state index contributed by atoms with van der Waals surface area (Å²) >= 11 is 0. The highest BCUT2D eigenvalue weighted by molar-refractivity contribution is 5.78. The maximum absolute atomic E-state index is 12.9. The van der Waals surface area contributed by atoms with Crippen LogP contribution >= 0.6 is 0 Å². The zero-order valence-electron chi connectivity index (χ0n) is 18.1. The molecule has 2 aliphatic rings. The van der Waals surface area contributed by atoms with E-state index in [0.29, 0.717) is 19.1 Å². The predicted molar refractivity (Wildman–Crippen MR) is 120 cm³/mol. The minimum atomic E-state index is -0.0183. The summed E-state index contributed by atoms with van der Waals surface area (Å²) in [6, 6.07) is 20.0. The van der Waals surface area contributed by atoms with Crippen LogP contribution in [-0.2, 0) is 27.9 Å². The van der Waals surface area contributed by atoms with Crippen molar-refractivity contribution in [3.63, 3.8) is 0 Å². The zero-order valence-corrected chi connectivity index (χ0v) is 18.1. The third-order valence-electron chi connectivity index (χ3n) is 6.69. The molecule has 1 aliphatic carbocycles. The predicted octanol–water partition coefficient (Wildman–Crippen LogP) is 4.08. The van der Waals surface area contributed by atoms with Crippen LogP contribution in [0.2, 0.25) is 0 Å². The summed E-state index contributed by atoms with van der Waals surface area (Å²) in [6.07, 6.45) is 5.36. The van der Waals surface area contributed by atoms with Crippen LogP contribution in [0.4, 0.5) is 0 Å². The molecule has 1 heterocycles. The first kappa shape index (κ1) is 21.1. The fourth-order valence-corrected chi connectivity index (χ4v) is 4.50. The third-order valence-corrected chi connectivity index (χ3v) is 6.69. The van der Waals surface area contributed by atoms with Gasteiger partial charge in [-0.2, -0.15) is 0 Å². The topological polar surface area (TPSA) is 41.6 Å². The van der Waals surface area contributed by atoms with Crippen LogP contribution in [0.1, 0.15) is 49.3 Å². The Bertz CT molecular complexity index is 809. The molecule has 2 fully saturated rings. The van der Waals surface area contributed by atoms with E-state index in [1.54, 1.807) is 0 Å². The van der Waals surface area contributed by atoms with Gasteiger partial charge in [-0.1, -0.05) is 61.5 Å². The molecule has 4 nitrogen and oxygen atoms in total. The first-order chi connectivity index (χ1) is 14.7. The van der Waals surface area contributed by atoms with Gasteiger partial charge in [-0.25, -0.2) is 0 Å². The molecule has 30 heavy (non-hydrogen) atoms. The Balaban J connectivity index is 1.37. The van der Waals surface area contributed by atoms with Gasteiger partial charge in [-0.05, 0) is 48.8 Å². The molecule has 0 radical (unpaired) electrons. The Morgan fingerprint density at radius 1 is 1.03 bits per heavy atom. The molecule has 1 amide bonds. The molecule has 1 aliphatic heterocycles. The molecule has 0 unspecified atom stereocenters. The van der Waals surface area contributed by atoms with Gasteiger partial charge < -0.3 is 10.1 Å². The van der Waals surface area contributed by atoms with Gasteiger partial charge in [0, 0.05) is 37.8 Å². The molecule has 0 aromatic heterocycles. The van der Waals surface area contributed by atoms with E-state index in [2.05, 4.69) is 71.7 Å². The number of benzene rings is 2. The Morgan fingerprint density at radius 3 is 2.33 bits per heavy atom. The summed E-state index contributed by atoms with van der Waals surface area (Å²) in [5.74, 6) is 0.133. The van der Waals surface area contributed by atoms with Gasteiger partial charge in [-0.15, -0.1) is 0 Å². The standard InChI is InChI=1S/C26H34N2O2/c1-2-21-8-10-22(11-9-21)18-28(24-12-13-24)19-25(29)27-20-26(14-16-30-17-15-26)23-6-4-3-5-7-23/h3-11,24H,2,12-20H2,1H3,(H,27,29). The van der Waals surface area contributed by atoms with E-state index in [1.165, 1.54) is 29.5 Å². The highest BCUT2D eigenvalue weighted by Crippen LogP contribution is 2.34. The van der Waals surface area contributed by atoms with Crippen molar-refractivity contribution >= 4 is 5.91 Å². The quantitative estimate of drug-likeness (QED) is 0.682. The molecular weight excluding hydrogens is 372 g/mol. The van der Waals surface area contributed by atoms with Crippen molar-refractivity contribution in [1.29, 1.82) is 0 Å². The average molecular weight is 407 g/mol. The molecule has 0 spiro atoms. The number of nitrogens with one attached hydrogen (secondary N) is 1. The minimum absolute atomic E-state index is 0.0183. The summed E-state index contributed by atoms with van der Waals surface area (Å²) in [5, 5.41) is 3.27. The molecule has 2 aromatic carbocycles. The van der Waals surface area contributed by atoms with Crippen LogP contribution in [0, 0.1) is 0 Å². The lowest BCUT2D eigenvalue weighted by molar-refractivity contribution is -0.123. The number of hydrogen-bond acceptors (Lipinski definition) is 3. The van der Waals surface area contributed by atoms with Crippen LogP contribution in [0.5, 0.6) is 0 Å². The second-order valence-electron chi connectivity index (χ2n) is 8.84. The lowest BCUT2D eigenvalue weighted by Gasteiger charge is -2.38. The van der Waals surface area contributed by atoms with Crippen molar-refractivity contribution in [2.75, 3.05) is 26.3 Å². The number of rotatable bonds is 9. The van der Waals surface area contributed by atoms with Gasteiger partial charge in [0.2, 0.25) is 5.91 Å². The number of carbonyl (C=O) groups is 1. The minimum Gasteiger partial charge on any atom is -0.381 e. The zero-order chi connectivity index (χ0) is 20.8. The normalized spacial score (nSPS) is 18.3. The van der Waals surface area contributed by atoms with Gasteiger partial charge in [0.1, 0.15) is 0 Å². The van der Waals surface area contributed by atoms with Crippen molar-refractivity contribution in [1.82, 2.24) is 10.2 Å². The van der Waals surface area contributed by atoms with Gasteiger partial charge in [0.05, 0.1) is 6.54 Å². The van der Waals surface area contributed by atoms with Crippen LogP contribution in [0.25, 0.3) is 0 Å². The molecule has 1 N–H and O–H groups in total. The number of amides is 1. The molecule has 0 bridgehead atoms. The fourth-order valence-electron chi connectivity index (χ4n) is 4.50. The molecule has 160 valence electrons. The third kappa shape index (κ3) is 5.30. The summed E-state index contributed by atoms with van der Waals surface area (Å²) in [5.41, 5.74) is 3.94. The van der Waals surface area contributed by atoms with Crippen molar-refractivity contribution in [3.8, 4) is 0 Å². The first-order valence-electron chi connectivity index (χ1n) is 11.4. The highest BCUT2D eigenvalue weighted by atomic mass is 16.5. The first-order valence-corrected chi connectivity index (χ1v) is 11.4. The summed E-state index contributed by atoms with van der Waals surface area (Å²) in [6.45, 7) is 5.69. The van der Waals surface area contributed by atoms with E-state index in [-0.39, 0.29) is 11.3 Å². The van der Waals surface area contributed by atoms with Crippen molar-refractivity contribution in [2.24, 2.45) is 0 Å². The lowest BCUT2D eigenvalue weighted by atomic mass is 9.74. The van der Waals surface area contributed by atoms with Crippen LogP contribution in [0.3, 0.4) is 0 Å². The fraction of sp³-hybridized carbons (Fsp3) is 0.500. The molecule has 4 heteroatoms. The largest absolute Gasteiger partial charge is 0.381 e.